The minimum Gasteiger partial charge on any atom is -0.456 e. The van der Waals surface area contributed by atoms with Gasteiger partial charge in [0.1, 0.15) is 11.2 Å². The SMILES string of the molecule is c1ccc(-c2ccc(-c3ccc(N(c4ccc5c(c4)oc4ccccc45)c4c(-c5ccccc5)cc(-c5ccccc5)cc4-c4ccccc4)cc3)cc2)cc1. The van der Waals surface area contributed by atoms with E-state index in [9.17, 15) is 0 Å². The maximum Gasteiger partial charge on any atom is 0.137 e. The molecule has 0 aliphatic heterocycles. The topological polar surface area (TPSA) is 16.4 Å². The largest absolute Gasteiger partial charge is 0.456 e. The molecule has 0 aliphatic rings. The van der Waals surface area contributed by atoms with Gasteiger partial charge < -0.3 is 9.32 Å². The van der Waals surface area contributed by atoms with Crippen LogP contribution in [0.1, 0.15) is 0 Å². The third-order valence-electron chi connectivity index (χ3n) is 10.7. The van der Waals surface area contributed by atoms with Gasteiger partial charge in [0.25, 0.3) is 0 Å². The zero-order valence-corrected chi connectivity index (χ0v) is 30.7. The van der Waals surface area contributed by atoms with Crippen molar-refractivity contribution in [2.75, 3.05) is 4.90 Å². The predicted molar refractivity (Wildman–Crippen MR) is 236 cm³/mol. The Hall–Kier alpha value is -7.42. The molecule has 9 aromatic carbocycles. The number of hydrogen-bond acceptors (Lipinski definition) is 2. The van der Waals surface area contributed by atoms with Crippen molar-refractivity contribution in [1.82, 2.24) is 0 Å². The second-order valence-electron chi connectivity index (χ2n) is 14.1. The molecule has 0 fully saturated rings. The van der Waals surface area contributed by atoms with Gasteiger partial charge in [-0.1, -0.05) is 176 Å². The molecule has 1 aromatic heterocycles. The first-order valence-electron chi connectivity index (χ1n) is 19.1. The molecule has 10 rings (SSSR count). The van der Waals surface area contributed by atoms with Gasteiger partial charge in [-0.3, -0.25) is 0 Å². The average Bonchev–Trinajstić information content (AvgIpc) is 3.66. The summed E-state index contributed by atoms with van der Waals surface area (Å²) in [7, 11) is 0. The zero-order valence-electron chi connectivity index (χ0n) is 30.7. The Kier molecular flexibility index (Phi) is 8.55. The summed E-state index contributed by atoms with van der Waals surface area (Å²) >= 11 is 0. The van der Waals surface area contributed by atoms with E-state index in [0.29, 0.717) is 0 Å². The van der Waals surface area contributed by atoms with Crippen LogP contribution in [0.4, 0.5) is 17.1 Å². The Bertz CT molecular complexity index is 2850. The first-order valence-corrected chi connectivity index (χ1v) is 19.1. The summed E-state index contributed by atoms with van der Waals surface area (Å²) in [5, 5.41) is 2.22. The normalized spacial score (nSPS) is 11.2. The molecule has 0 bridgehead atoms. The minimum atomic E-state index is 0.854. The van der Waals surface area contributed by atoms with Gasteiger partial charge in [-0.25, -0.2) is 0 Å². The van der Waals surface area contributed by atoms with Crippen LogP contribution in [-0.2, 0) is 0 Å². The third-order valence-corrected chi connectivity index (χ3v) is 10.7. The highest BCUT2D eigenvalue weighted by molar-refractivity contribution is 6.07. The summed E-state index contributed by atoms with van der Waals surface area (Å²) in [5.74, 6) is 0. The number of anilines is 3. The lowest BCUT2D eigenvalue weighted by Crippen LogP contribution is -2.13. The zero-order chi connectivity index (χ0) is 37.3. The van der Waals surface area contributed by atoms with E-state index >= 15 is 0 Å². The number of fused-ring (bicyclic) bond motifs is 3. The Morgan fingerprint density at radius 1 is 0.268 bits per heavy atom. The van der Waals surface area contributed by atoms with Crippen molar-refractivity contribution in [1.29, 1.82) is 0 Å². The van der Waals surface area contributed by atoms with E-state index in [-0.39, 0.29) is 0 Å². The summed E-state index contributed by atoms with van der Waals surface area (Å²) in [4.78, 5) is 2.41. The number of nitrogens with zero attached hydrogens (tertiary/aromatic N) is 1. The smallest absolute Gasteiger partial charge is 0.137 e. The highest BCUT2D eigenvalue weighted by Crippen LogP contribution is 2.49. The van der Waals surface area contributed by atoms with E-state index < -0.39 is 0 Å². The molecule has 0 amide bonds. The molecule has 0 radical (unpaired) electrons. The Morgan fingerprint density at radius 3 is 1.20 bits per heavy atom. The fourth-order valence-corrected chi connectivity index (χ4v) is 7.90. The average molecular weight is 716 g/mol. The molecule has 0 saturated carbocycles. The summed E-state index contributed by atoms with van der Waals surface area (Å²) < 4.78 is 6.51. The molecule has 0 unspecified atom stereocenters. The van der Waals surface area contributed by atoms with Crippen molar-refractivity contribution < 1.29 is 4.42 Å². The van der Waals surface area contributed by atoms with Gasteiger partial charge >= 0.3 is 0 Å². The van der Waals surface area contributed by atoms with Crippen LogP contribution in [0.2, 0.25) is 0 Å². The maximum absolute atomic E-state index is 6.51. The Balaban J connectivity index is 1.20. The van der Waals surface area contributed by atoms with Crippen molar-refractivity contribution in [3.05, 3.63) is 224 Å². The highest BCUT2D eigenvalue weighted by Gasteiger charge is 2.24. The first kappa shape index (κ1) is 33.2. The van der Waals surface area contributed by atoms with Crippen LogP contribution in [0.25, 0.3) is 77.6 Å². The van der Waals surface area contributed by atoms with E-state index in [1.807, 2.05) is 12.1 Å². The second-order valence-corrected chi connectivity index (χ2v) is 14.1. The van der Waals surface area contributed by atoms with Crippen LogP contribution in [-0.4, -0.2) is 0 Å². The van der Waals surface area contributed by atoms with Gasteiger partial charge in [0.15, 0.2) is 0 Å². The quantitative estimate of drug-likeness (QED) is 0.156. The molecule has 56 heavy (non-hydrogen) atoms. The fraction of sp³-hybridized carbons (Fsp3) is 0. The minimum absolute atomic E-state index is 0.854. The molecule has 0 aliphatic carbocycles. The highest BCUT2D eigenvalue weighted by atomic mass is 16.3. The molecular formula is C54H37NO. The summed E-state index contributed by atoms with van der Waals surface area (Å²) in [5.41, 5.74) is 16.5. The van der Waals surface area contributed by atoms with Crippen LogP contribution >= 0.6 is 0 Å². The molecule has 2 heteroatoms. The van der Waals surface area contributed by atoms with Gasteiger partial charge in [-0.15, -0.1) is 0 Å². The number of para-hydroxylation sites is 1. The van der Waals surface area contributed by atoms with Crippen molar-refractivity contribution in [3.8, 4) is 55.6 Å². The monoisotopic (exact) mass is 715 g/mol. The van der Waals surface area contributed by atoms with Crippen LogP contribution < -0.4 is 4.90 Å². The lowest BCUT2D eigenvalue weighted by Gasteiger charge is -2.31. The maximum atomic E-state index is 6.51. The second kappa shape index (κ2) is 14.4. The van der Waals surface area contributed by atoms with E-state index in [4.69, 9.17) is 4.42 Å². The number of hydrogen-bond donors (Lipinski definition) is 0. The van der Waals surface area contributed by atoms with Crippen LogP contribution in [0.5, 0.6) is 0 Å². The van der Waals surface area contributed by atoms with Gasteiger partial charge in [-0.2, -0.15) is 0 Å². The lowest BCUT2D eigenvalue weighted by molar-refractivity contribution is 0.669. The van der Waals surface area contributed by atoms with Crippen molar-refractivity contribution >= 4 is 39.0 Å². The van der Waals surface area contributed by atoms with Gasteiger partial charge in [-0.05, 0) is 87.0 Å². The van der Waals surface area contributed by atoms with Gasteiger partial charge in [0.2, 0.25) is 0 Å². The molecule has 2 nitrogen and oxygen atoms in total. The molecule has 0 atom stereocenters. The standard InChI is InChI=1S/C54H37NO/c1-5-15-38(16-6-1)40-25-27-41(28-26-40)42-29-31-46(32-30-42)55(47-33-34-49-48-23-13-14-24-52(48)56-53(49)37-47)54-50(43-19-9-3-10-20-43)35-45(39-17-7-2-8-18-39)36-51(54)44-21-11-4-12-22-44/h1-37H. The summed E-state index contributed by atoms with van der Waals surface area (Å²) in [6.45, 7) is 0. The molecular weight excluding hydrogens is 679 g/mol. The lowest BCUT2D eigenvalue weighted by atomic mass is 9.89. The fourth-order valence-electron chi connectivity index (χ4n) is 7.90. The van der Waals surface area contributed by atoms with Crippen LogP contribution in [0.3, 0.4) is 0 Å². The van der Waals surface area contributed by atoms with E-state index in [0.717, 1.165) is 72.4 Å². The Morgan fingerprint density at radius 2 is 0.661 bits per heavy atom. The summed E-state index contributed by atoms with van der Waals surface area (Å²) in [6, 6.07) is 80.2. The molecule has 1 heterocycles. The molecule has 264 valence electrons. The van der Waals surface area contributed by atoms with Crippen molar-refractivity contribution in [3.63, 3.8) is 0 Å². The molecule has 10 aromatic rings. The van der Waals surface area contributed by atoms with E-state index in [1.165, 1.54) is 22.3 Å². The van der Waals surface area contributed by atoms with Crippen LogP contribution in [0, 0.1) is 0 Å². The van der Waals surface area contributed by atoms with Gasteiger partial charge in [0.05, 0.1) is 5.69 Å². The number of rotatable bonds is 8. The number of furan rings is 1. The van der Waals surface area contributed by atoms with Crippen molar-refractivity contribution in [2.45, 2.75) is 0 Å². The van der Waals surface area contributed by atoms with E-state index in [1.54, 1.807) is 0 Å². The first-order chi connectivity index (χ1) is 27.8. The summed E-state index contributed by atoms with van der Waals surface area (Å²) in [6.07, 6.45) is 0. The molecule has 0 N–H and O–H groups in total. The molecule has 0 spiro atoms. The third kappa shape index (κ3) is 6.24. The van der Waals surface area contributed by atoms with Crippen molar-refractivity contribution in [2.24, 2.45) is 0 Å². The number of benzene rings is 9. The van der Waals surface area contributed by atoms with Crippen LogP contribution in [0.15, 0.2) is 229 Å². The van der Waals surface area contributed by atoms with E-state index in [2.05, 4.69) is 217 Å². The molecule has 0 saturated heterocycles. The van der Waals surface area contributed by atoms with Gasteiger partial charge in [0, 0.05) is 39.3 Å². The predicted octanol–water partition coefficient (Wildman–Crippen LogP) is 15.4. The Labute approximate surface area is 327 Å².